The van der Waals surface area contributed by atoms with E-state index in [0.29, 0.717) is 41.1 Å². The van der Waals surface area contributed by atoms with Crippen LogP contribution in [-0.2, 0) is 6.54 Å². The van der Waals surface area contributed by atoms with E-state index >= 15 is 0 Å². The van der Waals surface area contributed by atoms with Crippen LogP contribution >= 0.6 is 0 Å². The first-order chi connectivity index (χ1) is 14.4. The van der Waals surface area contributed by atoms with Gasteiger partial charge in [-0.15, -0.1) is 16.9 Å². The first-order valence-electron chi connectivity index (χ1n) is 9.15. The van der Waals surface area contributed by atoms with Gasteiger partial charge in [0.15, 0.2) is 17.3 Å². The number of nitrogens with zero attached hydrogens (tertiary/aromatic N) is 7. The van der Waals surface area contributed by atoms with Gasteiger partial charge in [-0.25, -0.2) is 0 Å². The Morgan fingerprint density at radius 3 is 2.87 bits per heavy atom. The van der Waals surface area contributed by atoms with Crippen molar-refractivity contribution in [2.45, 2.75) is 33.7 Å². The smallest absolute Gasteiger partial charge is 0.270 e. The molecule has 0 fully saturated rings. The highest BCUT2D eigenvalue weighted by Gasteiger charge is 2.22. The largest absolute Gasteiger partial charge is 0.504 e. The summed E-state index contributed by atoms with van der Waals surface area (Å²) in [7, 11) is 0. The summed E-state index contributed by atoms with van der Waals surface area (Å²) < 4.78 is 3.01. The number of aromatic amines is 1. The zero-order valence-corrected chi connectivity index (χ0v) is 16.6. The van der Waals surface area contributed by atoms with Crippen LogP contribution in [0.4, 0.5) is 0 Å². The Balaban J connectivity index is 1.81. The van der Waals surface area contributed by atoms with Crippen molar-refractivity contribution in [1.82, 2.24) is 39.7 Å². The van der Waals surface area contributed by atoms with Crippen molar-refractivity contribution in [3.8, 4) is 35.1 Å². The molecular weight excluding hydrogens is 386 g/mol. The quantitative estimate of drug-likeness (QED) is 0.422. The van der Waals surface area contributed by atoms with Crippen LogP contribution in [0.2, 0.25) is 0 Å². The summed E-state index contributed by atoms with van der Waals surface area (Å²) in [5, 5.41) is 26.7. The lowest BCUT2D eigenvalue weighted by atomic mass is 10.2. The number of H-pyrrole nitrogens is 1. The molecule has 0 spiro atoms. The van der Waals surface area contributed by atoms with E-state index in [4.69, 9.17) is 5.73 Å². The molecule has 0 atom stereocenters. The number of aromatic nitrogens is 8. The summed E-state index contributed by atoms with van der Waals surface area (Å²) in [6, 6.07) is 1.73. The van der Waals surface area contributed by atoms with Gasteiger partial charge in [-0.05, 0) is 26.8 Å². The van der Waals surface area contributed by atoms with Gasteiger partial charge in [0.1, 0.15) is 11.4 Å². The molecule has 0 aromatic carbocycles. The maximum Gasteiger partial charge on any atom is 0.270 e. The second kappa shape index (κ2) is 7.32. The molecule has 0 aliphatic carbocycles. The summed E-state index contributed by atoms with van der Waals surface area (Å²) in [4.78, 5) is 20.6. The highest BCUT2D eigenvalue weighted by Crippen LogP contribution is 2.30. The van der Waals surface area contributed by atoms with Crippen molar-refractivity contribution in [3.63, 3.8) is 0 Å². The molecule has 0 unspecified atom stereocenters. The zero-order chi connectivity index (χ0) is 21.4. The number of pyridine rings is 1. The van der Waals surface area contributed by atoms with Crippen LogP contribution in [0, 0.1) is 25.7 Å². The van der Waals surface area contributed by atoms with Crippen LogP contribution in [-0.4, -0.2) is 50.7 Å². The summed E-state index contributed by atoms with van der Waals surface area (Å²) in [5.74, 6) is 5.62. The lowest BCUT2D eigenvalue weighted by Crippen LogP contribution is -2.12. The number of hydrogen-bond acceptors (Lipinski definition) is 7. The van der Waals surface area contributed by atoms with E-state index in [0.717, 1.165) is 5.69 Å². The number of carbonyl (C=O) groups excluding carboxylic acids is 1. The molecule has 11 nitrogen and oxygen atoms in total. The predicted octanol–water partition coefficient (Wildman–Crippen LogP) is 1.24. The van der Waals surface area contributed by atoms with Gasteiger partial charge in [-0.2, -0.15) is 19.9 Å². The number of nitrogens with two attached hydrogens (primary N) is 1. The molecule has 4 aromatic rings. The van der Waals surface area contributed by atoms with Crippen molar-refractivity contribution in [1.29, 1.82) is 0 Å². The Bertz CT molecular complexity index is 1330. The third kappa shape index (κ3) is 3.14. The van der Waals surface area contributed by atoms with Crippen LogP contribution in [0.15, 0.2) is 12.3 Å². The van der Waals surface area contributed by atoms with Gasteiger partial charge in [0.2, 0.25) is 0 Å². The molecule has 0 bridgehead atoms. The normalized spacial score (nSPS) is 10.9. The molecular formula is C19H19N9O2. The van der Waals surface area contributed by atoms with E-state index in [1.54, 1.807) is 30.8 Å². The lowest BCUT2D eigenvalue weighted by molar-refractivity contribution is 0.0996. The van der Waals surface area contributed by atoms with Crippen molar-refractivity contribution in [2.24, 2.45) is 5.73 Å². The van der Waals surface area contributed by atoms with Gasteiger partial charge in [0.25, 0.3) is 11.9 Å². The second-order valence-electron chi connectivity index (χ2n) is 6.63. The summed E-state index contributed by atoms with van der Waals surface area (Å²) in [6.45, 7) is 5.75. The maximum atomic E-state index is 11.8. The van der Waals surface area contributed by atoms with Crippen molar-refractivity contribution >= 4 is 16.8 Å². The fourth-order valence-corrected chi connectivity index (χ4v) is 3.16. The molecule has 4 rings (SSSR count). The molecule has 0 radical (unpaired) electrons. The highest BCUT2D eigenvalue weighted by atomic mass is 16.3. The van der Waals surface area contributed by atoms with Crippen LogP contribution in [0.3, 0.4) is 0 Å². The first-order valence-corrected chi connectivity index (χ1v) is 9.15. The van der Waals surface area contributed by atoms with E-state index in [1.807, 2.05) is 6.92 Å². The SMILES string of the molecule is CC#CCCn1nc(C)c(O)c1-c1nc(-n2nc(C(N)=O)c3cc(C)ncc32)n[nH]1. The maximum absolute atomic E-state index is 11.8. The number of carbonyl (C=O) groups is 1. The van der Waals surface area contributed by atoms with Crippen LogP contribution in [0.5, 0.6) is 5.75 Å². The fraction of sp³-hybridized carbons (Fsp3) is 0.263. The number of nitrogens with one attached hydrogen (secondary N) is 1. The van der Waals surface area contributed by atoms with Gasteiger partial charge in [0, 0.05) is 17.5 Å². The van der Waals surface area contributed by atoms with E-state index in [1.165, 1.54) is 4.68 Å². The molecule has 4 heterocycles. The summed E-state index contributed by atoms with van der Waals surface area (Å²) in [5.41, 5.74) is 7.69. The van der Waals surface area contributed by atoms with Gasteiger partial charge < -0.3 is 10.8 Å². The third-order valence-electron chi connectivity index (χ3n) is 4.54. The third-order valence-corrected chi connectivity index (χ3v) is 4.54. The van der Waals surface area contributed by atoms with Crippen LogP contribution < -0.4 is 5.73 Å². The summed E-state index contributed by atoms with van der Waals surface area (Å²) >= 11 is 0. The van der Waals surface area contributed by atoms with Gasteiger partial charge >= 0.3 is 0 Å². The number of rotatable bonds is 5. The Morgan fingerprint density at radius 1 is 1.33 bits per heavy atom. The van der Waals surface area contributed by atoms with Crippen molar-refractivity contribution < 1.29 is 9.90 Å². The summed E-state index contributed by atoms with van der Waals surface area (Å²) in [6.07, 6.45) is 2.15. The lowest BCUT2D eigenvalue weighted by Gasteiger charge is -2.02. The molecule has 4 aromatic heterocycles. The minimum atomic E-state index is -0.663. The average Bonchev–Trinajstić information content (AvgIpc) is 3.38. The average molecular weight is 405 g/mol. The molecule has 1 amide bonds. The fourth-order valence-electron chi connectivity index (χ4n) is 3.16. The topological polar surface area (TPSA) is 153 Å². The Kier molecular flexibility index (Phi) is 4.67. The highest BCUT2D eigenvalue weighted by molar-refractivity contribution is 6.04. The van der Waals surface area contributed by atoms with Gasteiger partial charge in [0.05, 0.1) is 18.3 Å². The number of aromatic hydroxyl groups is 1. The molecule has 0 saturated heterocycles. The molecule has 0 saturated carbocycles. The Hall–Kier alpha value is -4.20. The number of fused-ring (bicyclic) bond motifs is 1. The van der Waals surface area contributed by atoms with E-state index in [9.17, 15) is 9.90 Å². The molecule has 30 heavy (non-hydrogen) atoms. The number of aryl methyl sites for hydroxylation is 3. The second-order valence-corrected chi connectivity index (χ2v) is 6.63. The van der Waals surface area contributed by atoms with E-state index < -0.39 is 5.91 Å². The number of primary amides is 1. The first kappa shape index (κ1) is 19.1. The minimum Gasteiger partial charge on any atom is -0.504 e. The Morgan fingerprint density at radius 2 is 2.13 bits per heavy atom. The molecule has 4 N–H and O–H groups in total. The van der Waals surface area contributed by atoms with Crippen LogP contribution in [0.25, 0.3) is 28.4 Å². The standard InChI is InChI=1S/C19H19N9O2/c1-4-5-6-7-27-15(16(29)11(3)25-27)18-22-19(24-23-18)28-13-9-21-10(2)8-12(13)14(26-28)17(20)30/h8-9,29H,6-7H2,1-3H3,(H2,20,30)(H,22,23,24). The molecule has 0 aliphatic heterocycles. The molecule has 11 heteroatoms. The van der Waals surface area contributed by atoms with Crippen molar-refractivity contribution in [2.75, 3.05) is 0 Å². The monoisotopic (exact) mass is 405 g/mol. The van der Waals surface area contributed by atoms with Gasteiger partial charge in [-0.1, -0.05) is 0 Å². The van der Waals surface area contributed by atoms with E-state index in [-0.39, 0.29) is 17.4 Å². The molecule has 0 aliphatic rings. The van der Waals surface area contributed by atoms with Gasteiger partial charge in [-0.3, -0.25) is 19.6 Å². The predicted molar refractivity (Wildman–Crippen MR) is 108 cm³/mol. The van der Waals surface area contributed by atoms with Crippen LogP contribution in [0.1, 0.15) is 35.2 Å². The molecule has 152 valence electrons. The minimum absolute atomic E-state index is 0.00241. The Labute approximate surface area is 170 Å². The van der Waals surface area contributed by atoms with E-state index in [2.05, 4.69) is 42.2 Å². The number of hydrogen-bond donors (Lipinski definition) is 3. The zero-order valence-electron chi connectivity index (χ0n) is 16.6. The van der Waals surface area contributed by atoms with Crippen molar-refractivity contribution in [3.05, 3.63) is 29.3 Å². The number of amides is 1.